The standard InChI is InChI=1S/C18H18N4O2S/c23-18(17-7-4-8-25-17)21-10-16(11-21)22-9-15(19-20-22)13-24-12-14-5-2-1-3-6-14/h1-9,16H,10-13H2. The van der Waals surface area contributed by atoms with Gasteiger partial charge in [-0.3, -0.25) is 4.79 Å². The van der Waals surface area contributed by atoms with Crippen LogP contribution in [-0.4, -0.2) is 38.9 Å². The lowest BCUT2D eigenvalue weighted by molar-refractivity contribution is 0.0503. The Labute approximate surface area is 149 Å². The first-order valence-electron chi connectivity index (χ1n) is 8.15. The Kier molecular flexibility index (Phi) is 4.58. The second-order valence-electron chi connectivity index (χ2n) is 6.01. The second-order valence-corrected chi connectivity index (χ2v) is 6.96. The molecule has 128 valence electrons. The van der Waals surface area contributed by atoms with Crippen molar-refractivity contribution in [2.24, 2.45) is 0 Å². The van der Waals surface area contributed by atoms with E-state index in [0.29, 0.717) is 26.3 Å². The molecule has 0 N–H and O–H groups in total. The van der Waals surface area contributed by atoms with Gasteiger partial charge in [-0.2, -0.15) is 0 Å². The summed E-state index contributed by atoms with van der Waals surface area (Å²) in [5.41, 5.74) is 1.94. The quantitative estimate of drug-likeness (QED) is 0.683. The Morgan fingerprint density at radius 3 is 2.76 bits per heavy atom. The number of carbonyl (C=O) groups excluding carboxylic acids is 1. The maximum atomic E-state index is 12.2. The predicted octanol–water partition coefficient (Wildman–Crippen LogP) is 2.75. The van der Waals surface area contributed by atoms with Crippen LogP contribution in [0.25, 0.3) is 0 Å². The molecular formula is C18H18N4O2S. The van der Waals surface area contributed by atoms with E-state index in [1.54, 1.807) is 0 Å². The van der Waals surface area contributed by atoms with Gasteiger partial charge in [0.05, 0.1) is 30.3 Å². The molecule has 1 saturated heterocycles. The third-order valence-corrected chi connectivity index (χ3v) is 5.03. The fraction of sp³-hybridized carbons (Fsp3) is 0.278. The van der Waals surface area contributed by atoms with E-state index in [4.69, 9.17) is 4.74 Å². The van der Waals surface area contributed by atoms with Crippen LogP contribution in [-0.2, 0) is 18.0 Å². The van der Waals surface area contributed by atoms with Crippen LogP contribution in [0.4, 0.5) is 0 Å². The van der Waals surface area contributed by atoms with Crippen LogP contribution in [0.1, 0.15) is 27.0 Å². The van der Waals surface area contributed by atoms with Gasteiger partial charge in [-0.05, 0) is 17.0 Å². The van der Waals surface area contributed by atoms with Crippen LogP contribution in [0.2, 0.25) is 0 Å². The van der Waals surface area contributed by atoms with Crippen LogP contribution in [0.5, 0.6) is 0 Å². The van der Waals surface area contributed by atoms with Crippen molar-refractivity contribution in [2.45, 2.75) is 19.3 Å². The van der Waals surface area contributed by atoms with Crippen molar-refractivity contribution in [3.05, 3.63) is 70.2 Å². The average Bonchev–Trinajstić information content (AvgIpc) is 3.26. The van der Waals surface area contributed by atoms with E-state index in [0.717, 1.165) is 16.1 Å². The first-order chi connectivity index (χ1) is 12.3. The number of hydrogen-bond donors (Lipinski definition) is 0. The van der Waals surface area contributed by atoms with Crippen molar-refractivity contribution in [3.63, 3.8) is 0 Å². The van der Waals surface area contributed by atoms with Gasteiger partial charge in [0.2, 0.25) is 0 Å². The zero-order valence-electron chi connectivity index (χ0n) is 13.6. The fourth-order valence-corrected chi connectivity index (χ4v) is 3.44. The van der Waals surface area contributed by atoms with Crippen LogP contribution in [0.15, 0.2) is 54.0 Å². The summed E-state index contributed by atoms with van der Waals surface area (Å²) in [6.07, 6.45) is 1.91. The fourth-order valence-electron chi connectivity index (χ4n) is 2.75. The van der Waals surface area contributed by atoms with Gasteiger partial charge in [-0.1, -0.05) is 41.6 Å². The first kappa shape index (κ1) is 16.0. The monoisotopic (exact) mass is 354 g/mol. The summed E-state index contributed by atoms with van der Waals surface area (Å²) in [4.78, 5) is 14.8. The molecule has 0 saturated carbocycles. The van der Waals surface area contributed by atoms with E-state index in [1.807, 2.05) is 63.6 Å². The van der Waals surface area contributed by atoms with E-state index >= 15 is 0 Å². The Bertz CT molecular complexity index is 826. The molecule has 1 aliphatic rings. The number of rotatable bonds is 6. The van der Waals surface area contributed by atoms with Crippen molar-refractivity contribution in [3.8, 4) is 0 Å². The molecule has 6 nitrogen and oxygen atoms in total. The van der Waals surface area contributed by atoms with Crippen molar-refractivity contribution >= 4 is 17.2 Å². The molecule has 1 aromatic carbocycles. The minimum atomic E-state index is 0.0952. The van der Waals surface area contributed by atoms with E-state index in [-0.39, 0.29) is 11.9 Å². The van der Waals surface area contributed by atoms with E-state index in [1.165, 1.54) is 11.3 Å². The molecule has 4 rings (SSSR count). The maximum Gasteiger partial charge on any atom is 0.264 e. The lowest BCUT2D eigenvalue weighted by atomic mass is 10.1. The molecule has 3 aromatic rings. The number of likely N-dealkylation sites (tertiary alicyclic amines) is 1. The van der Waals surface area contributed by atoms with E-state index in [9.17, 15) is 4.79 Å². The number of benzene rings is 1. The third-order valence-electron chi connectivity index (χ3n) is 4.17. The summed E-state index contributed by atoms with van der Waals surface area (Å²) < 4.78 is 7.51. The number of carbonyl (C=O) groups is 1. The number of aromatic nitrogens is 3. The zero-order chi connectivity index (χ0) is 17.1. The Morgan fingerprint density at radius 1 is 1.16 bits per heavy atom. The molecule has 0 aliphatic carbocycles. The largest absolute Gasteiger partial charge is 0.370 e. The Balaban J connectivity index is 1.26. The van der Waals surface area contributed by atoms with Crippen LogP contribution in [0, 0.1) is 0 Å². The highest BCUT2D eigenvalue weighted by Gasteiger charge is 2.33. The third kappa shape index (κ3) is 3.62. The highest BCUT2D eigenvalue weighted by atomic mass is 32.1. The highest BCUT2D eigenvalue weighted by molar-refractivity contribution is 7.12. The minimum Gasteiger partial charge on any atom is -0.370 e. The molecule has 0 bridgehead atoms. The lowest BCUT2D eigenvalue weighted by Gasteiger charge is -2.38. The topological polar surface area (TPSA) is 60.2 Å². The van der Waals surface area contributed by atoms with E-state index in [2.05, 4.69) is 10.3 Å². The van der Waals surface area contributed by atoms with Crippen molar-refractivity contribution < 1.29 is 9.53 Å². The molecule has 7 heteroatoms. The van der Waals surface area contributed by atoms with Crippen molar-refractivity contribution in [1.29, 1.82) is 0 Å². The Hall–Kier alpha value is -2.51. The summed E-state index contributed by atoms with van der Waals surface area (Å²) >= 11 is 1.47. The molecule has 1 aliphatic heterocycles. The molecular weight excluding hydrogens is 336 g/mol. The summed E-state index contributed by atoms with van der Waals surface area (Å²) in [6, 6.07) is 14.0. The van der Waals surface area contributed by atoms with Crippen LogP contribution < -0.4 is 0 Å². The van der Waals surface area contributed by atoms with Gasteiger partial charge >= 0.3 is 0 Å². The SMILES string of the molecule is O=C(c1cccs1)N1CC(n2cc(COCc3ccccc3)nn2)C1. The normalized spacial score (nSPS) is 14.5. The smallest absolute Gasteiger partial charge is 0.264 e. The molecule has 2 aromatic heterocycles. The van der Waals surface area contributed by atoms with E-state index < -0.39 is 0 Å². The number of hydrogen-bond acceptors (Lipinski definition) is 5. The lowest BCUT2D eigenvalue weighted by Crippen LogP contribution is -2.50. The molecule has 0 spiro atoms. The van der Waals surface area contributed by atoms with Gasteiger partial charge in [0.15, 0.2) is 0 Å². The highest BCUT2D eigenvalue weighted by Crippen LogP contribution is 2.24. The zero-order valence-corrected chi connectivity index (χ0v) is 14.4. The van der Waals surface area contributed by atoms with Crippen LogP contribution in [0.3, 0.4) is 0 Å². The second kappa shape index (κ2) is 7.16. The number of nitrogens with zero attached hydrogens (tertiary/aromatic N) is 4. The van der Waals surface area contributed by atoms with Crippen LogP contribution >= 0.6 is 11.3 Å². The van der Waals surface area contributed by atoms with Crippen molar-refractivity contribution in [2.75, 3.05) is 13.1 Å². The molecule has 25 heavy (non-hydrogen) atoms. The number of ether oxygens (including phenoxy) is 1. The van der Waals surface area contributed by atoms with Gasteiger partial charge in [-0.15, -0.1) is 16.4 Å². The molecule has 0 radical (unpaired) electrons. The van der Waals surface area contributed by atoms with Gasteiger partial charge in [0.25, 0.3) is 5.91 Å². The summed E-state index contributed by atoms with van der Waals surface area (Å²) in [5, 5.41) is 10.2. The predicted molar refractivity (Wildman–Crippen MR) is 94.2 cm³/mol. The summed E-state index contributed by atoms with van der Waals surface area (Å²) in [5.74, 6) is 0.0952. The average molecular weight is 354 g/mol. The first-order valence-corrected chi connectivity index (χ1v) is 9.03. The maximum absolute atomic E-state index is 12.2. The molecule has 3 heterocycles. The summed E-state index contributed by atoms with van der Waals surface area (Å²) in [7, 11) is 0. The van der Waals surface area contributed by atoms with Gasteiger partial charge in [0.1, 0.15) is 5.69 Å². The van der Waals surface area contributed by atoms with Gasteiger partial charge in [0, 0.05) is 13.1 Å². The van der Waals surface area contributed by atoms with Gasteiger partial charge in [-0.25, -0.2) is 4.68 Å². The summed E-state index contributed by atoms with van der Waals surface area (Å²) in [6.45, 7) is 2.33. The minimum absolute atomic E-state index is 0.0952. The molecule has 0 unspecified atom stereocenters. The Morgan fingerprint density at radius 2 is 2.00 bits per heavy atom. The molecule has 1 amide bonds. The number of thiophene rings is 1. The van der Waals surface area contributed by atoms with Gasteiger partial charge < -0.3 is 9.64 Å². The molecule has 0 atom stereocenters. The molecule has 1 fully saturated rings. The van der Waals surface area contributed by atoms with Crippen molar-refractivity contribution in [1.82, 2.24) is 19.9 Å². The number of amides is 1.